The van der Waals surface area contributed by atoms with Crippen LogP contribution in [0.5, 0.6) is 0 Å². The molecule has 0 aliphatic rings. The van der Waals surface area contributed by atoms with E-state index in [1.54, 1.807) is 0 Å². The van der Waals surface area contributed by atoms with E-state index >= 15 is 0 Å². The molecule has 0 saturated carbocycles. The lowest BCUT2D eigenvalue weighted by Crippen LogP contribution is -2.22. The molecule has 0 fully saturated rings. The third-order valence-electron chi connectivity index (χ3n) is 1.54. The Bertz CT molecular complexity index is 85.3. The minimum absolute atomic E-state index is 0.404. The molecule has 0 aromatic heterocycles. The van der Waals surface area contributed by atoms with E-state index in [4.69, 9.17) is 5.73 Å². The van der Waals surface area contributed by atoms with Gasteiger partial charge in [-0.3, -0.25) is 5.73 Å². The summed E-state index contributed by atoms with van der Waals surface area (Å²) in [7, 11) is 0. The van der Waals surface area contributed by atoms with E-state index in [1.807, 2.05) is 6.08 Å². The number of hydrogen-bond acceptors (Lipinski definition) is 1. The zero-order valence-electron chi connectivity index (χ0n) is 6.93. The maximum Gasteiger partial charge on any atom is 0.0281 e. The highest BCUT2D eigenvalue weighted by molar-refractivity contribution is 4.84. The van der Waals surface area contributed by atoms with Crippen LogP contribution in [-0.4, -0.2) is 31.1 Å². The first-order valence-corrected chi connectivity index (χ1v) is 3.87. The predicted molar refractivity (Wildman–Crippen MR) is 44.9 cm³/mol. The Balaban J connectivity index is 3.34. The number of hydrogen-bond donors (Lipinski definition) is 0. The van der Waals surface area contributed by atoms with Crippen LogP contribution in [0.15, 0.2) is 12.2 Å². The van der Waals surface area contributed by atoms with Gasteiger partial charge < -0.3 is 4.90 Å². The molecule has 0 unspecified atom stereocenters. The van der Waals surface area contributed by atoms with Crippen LogP contribution < -0.4 is 5.73 Å². The van der Waals surface area contributed by atoms with Gasteiger partial charge in [0.2, 0.25) is 0 Å². The molecule has 0 atom stereocenters. The van der Waals surface area contributed by atoms with Crippen LogP contribution in [0.2, 0.25) is 0 Å². The predicted octanol–water partition coefficient (Wildman–Crippen LogP) is 1.17. The van der Waals surface area contributed by atoms with E-state index in [9.17, 15) is 0 Å². The molecule has 2 heteroatoms. The first kappa shape index (κ1) is 9.66. The molecule has 1 N–H and O–H groups in total. The second kappa shape index (κ2) is 6.78. The summed E-state index contributed by atoms with van der Waals surface area (Å²) in [5.74, 6) is 0. The number of likely N-dealkylation sites (N-methyl/N-ethyl adjacent to an activating group) is 1. The Hall–Kier alpha value is -0.340. The fraction of sp³-hybridized carbons (Fsp3) is 0.750. The Kier molecular flexibility index (Phi) is 6.55. The summed E-state index contributed by atoms with van der Waals surface area (Å²) in [6.07, 6.45) is 3.94. The van der Waals surface area contributed by atoms with Gasteiger partial charge in [-0.2, -0.15) is 0 Å². The van der Waals surface area contributed by atoms with Crippen LogP contribution in [0.1, 0.15) is 13.8 Å². The average molecular weight is 141 g/mol. The van der Waals surface area contributed by atoms with Crippen molar-refractivity contribution in [2.24, 2.45) is 0 Å². The van der Waals surface area contributed by atoms with E-state index in [0.717, 1.165) is 19.6 Å². The van der Waals surface area contributed by atoms with Crippen molar-refractivity contribution in [2.45, 2.75) is 13.8 Å². The van der Waals surface area contributed by atoms with Crippen molar-refractivity contribution in [3.05, 3.63) is 12.2 Å². The first-order valence-electron chi connectivity index (χ1n) is 3.87. The standard InChI is InChI=1S/C8H17N2/c1-3-10(4-2)8-6-5-7-9/h5-6,9H,3-4,7-8H2,1-2H3. The molecular formula is C8H17N2. The van der Waals surface area contributed by atoms with Gasteiger partial charge >= 0.3 is 0 Å². The average Bonchev–Trinajstić information content (AvgIpc) is 1.99. The molecule has 59 valence electrons. The van der Waals surface area contributed by atoms with Crippen LogP contribution in [0.25, 0.3) is 0 Å². The molecule has 10 heavy (non-hydrogen) atoms. The monoisotopic (exact) mass is 141 g/mol. The van der Waals surface area contributed by atoms with E-state index < -0.39 is 0 Å². The molecule has 0 spiro atoms. The van der Waals surface area contributed by atoms with Crippen LogP contribution in [-0.2, 0) is 0 Å². The Morgan fingerprint density at radius 3 is 2.20 bits per heavy atom. The Labute approximate surface area is 63.7 Å². The molecule has 1 radical (unpaired) electrons. The summed E-state index contributed by atoms with van der Waals surface area (Å²) < 4.78 is 0. The van der Waals surface area contributed by atoms with Crippen molar-refractivity contribution in [1.82, 2.24) is 10.6 Å². The van der Waals surface area contributed by atoms with Gasteiger partial charge in [-0.05, 0) is 13.1 Å². The van der Waals surface area contributed by atoms with Gasteiger partial charge in [0.25, 0.3) is 0 Å². The van der Waals surface area contributed by atoms with E-state index in [1.165, 1.54) is 0 Å². The Morgan fingerprint density at radius 2 is 1.80 bits per heavy atom. The zero-order chi connectivity index (χ0) is 7.82. The zero-order valence-corrected chi connectivity index (χ0v) is 6.93. The molecule has 0 heterocycles. The summed E-state index contributed by atoms with van der Waals surface area (Å²) in [5, 5.41) is 0. The van der Waals surface area contributed by atoms with Gasteiger partial charge in [-0.25, -0.2) is 0 Å². The molecule has 2 nitrogen and oxygen atoms in total. The van der Waals surface area contributed by atoms with Crippen LogP contribution >= 0.6 is 0 Å². The highest BCUT2D eigenvalue weighted by atomic mass is 15.1. The number of nitrogens with zero attached hydrogens (tertiary/aromatic N) is 1. The van der Waals surface area contributed by atoms with Crippen molar-refractivity contribution >= 4 is 0 Å². The molecule has 0 saturated heterocycles. The lowest BCUT2D eigenvalue weighted by Gasteiger charge is -2.14. The largest absolute Gasteiger partial charge is 0.300 e. The van der Waals surface area contributed by atoms with Crippen molar-refractivity contribution in [3.63, 3.8) is 0 Å². The van der Waals surface area contributed by atoms with E-state index in [-0.39, 0.29) is 0 Å². The van der Waals surface area contributed by atoms with Gasteiger partial charge in [0, 0.05) is 13.1 Å². The van der Waals surface area contributed by atoms with Crippen molar-refractivity contribution in [3.8, 4) is 0 Å². The molecule has 0 aromatic carbocycles. The molecule has 0 aromatic rings. The quantitative estimate of drug-likeness (QED) is 0.528. The summed E-state index contributed by atoms with van der Waals surface area (Å²) in [6.45, 7) is 7.89. The fourth-order valence-corrected chi connectivity index (χ4v) is 0.789. The number of nitrogens with one attached hydrogen (secondary N) is 1. The van der Waals surface area contributed by atoms with Gasteiger partial charge in [-0.1, -0.05) is 26.0 Å². The van der Waals surface area contributed by atoms with Gasteiger partial charge in [0.05, 0.1) is 0 Å². The first-order chi connectivity index (χ1) is 4.85. The van der Waals surface area contributed by atoms with Gasteiger partial charge in [-0.15, -0.1) is 0 Å². The minimum Gasteiger partial charge on any atom is -0.300 e. The van der Waals surface area contributed by atoms with Gasteiger partial charge in [0.1, 0.15) is 0 Å². The number of rotatable bonds is 5. The lowest BCUT2D eigenvalue weighted by atomic mass is 10.4. The summed E-state index contributed by atoms with van der Waals surface area (Å²) >= 11 is 0. The van der Waals surface area contributed by atoms with Crippen molar-refractivity contribution in [2.75, 3.05) is 26.2 Å². The van der Waals surface area contributed by atoms with Crippen molar-refractivity contribution < 1.29 is 0 Å². The van der Waals surface area contributed by atoms with Crippen LogP contribution in [0.4, 0.5) is 0 Å². The molecule has 0 aliphatic heterocycles. The Morgan fingerprint density at radius 1 is 1.20 bits per heavy atom. The third kappa shape index (κ3) is 4.53. The van der Waals surface area contributed by atoms with Crippen LogP contribution in [0, 0.1) is 0 Å². The molecule has 0 rings (SSSR count). The molecule has 0 aliphatic carbocycles. The summed E-state index contributed by atoms with van der Waals surface area (Å²) in [5.41, 5.74) is 6.86. The van der Waals surface area contributed by atoms with Gasteiger partial charge in [0.15, 0.2) is 0 Å². The fourth-order valence-electron chi connectivity index (χ4n) is 0.789. The molecular weight excluding hydrogens is 124 g/mol. The van der Waals surface area contributed by atoms with Crippen LogP contribution in [0.3, 0.4) is 0 Å². The normalized spacial score (nSPS) is 11.6. The molecule has 0 amide bonds. The van der Waals surface area contributed by atoms with E-state index in [2.05, 4.69) is 24.8 Å². The smallest absolute Gasteiger partial charge is 0.0281 e. The highest BCUT2D eigenvalue weighted by Crippen LogP contribution is 1.86. The SMILES string of the molecule is CCN(CC)CC=CC[NH]. The summed E-state index contributed by atoms with van der Waals surface area (Å²) in [6, 6.07) is 0. The molecule has 0 bridgehead atoms. The second-order valence-corrected chi connectivity index (χ2v) is 2.16. The maximum absolute atomic E-state index is 6.86. The van der Waals surface area contributed by atoms with Crippen molar-refractivity contribution in [1.29, 1.82) is 0 Å². The van der Waals surface area contributed by atoms with E-state index in [0.29, 0.717) is 6.54 Å². The lowest BCUT2D eigenvalue weighted by molar-refractivity contribution is 0.337. The maximum atomic E-state index is 6.86. The summed E-state index contributed by atoms with van der Waals surface area (Å²) in [4.78, 5) is 2.31. The topological polar surface area (TPSA) is 27.0 Å². The highest BCUT2D eigenvalue weighted by Gasteiger charge is 1.92. The minimum atomic E-state index is 0.404. The third-order valence-corrected chi connectivity index (χ3v) is 1.54. The second-order valence-electron chi connectivity index (χ2n) is 2.16.